The van der Waals surface area contributed by atoms with Crippen molar-refractivity contribution in [1.82, 2.24) is 0 Å². The molecule has 23 heavy (non-hydrogen) atoms. The van der Waals surface area contributed by atoms with E-state index in [1.807, 2.05) is 49.4 Å². The molecular formula is C18H23N3O2. The average Bonchev–Trinajstić information content (AvgIpc) is 2.57. The number of aryl methyl sites for hydroxylation is 1. The Morgan fingerprint density at radius 3 is 2.48 bits per heavy atom. The van der Waals surface area contributed by atoms with Crippen LogP contribution in [0.2, 0.25) is 0 Å². The Bertz CT molecular complexity index is 666. The van der Waals surface area contributed by atoms with Crippen LogP contribution in [0, 0.1) is 6.92 Å². The van der Waals surface area contributed by atoms with Crippen molar-refractivity contribution >= 4 is 11.6 Å². The van der Waals surface area contributed by atoms with Gasteiger partial charge < -0.3 is 20.5 Å². The van der Waals surface area contributed by atoms with E-state index in [1.54, 1.807) is 14.2 Å². The van der Waals surface area contributed by atoms with E-state index >= 15 is 0 Å². The van der Waals surface area contributed by atoms with Crippen molar-refractivity contribution in [2.75, 3.05) is 26.1 Å². The summed E-state index contributed by atoms with van der Waals surface area (Å²) >= 11 is 0. The summed E-state index contributed by atoms with van der Waals surface area (Å²) in [4.78, 5) is 4.35. The summed E-state index contributed by atoms with van der Waals surface area (Å²) in [5.41, 5.74) is 9.09. The van der Waals surface area contributed by atoms with E-state index in [0.29, 0.717) is 12.5 Å². The minimum Gasteiger partial charge on any atom is -0.497 e. The van der Waals surface area contributed by atoms with Crippen molar-refractivity contribution in [2.45, 2.75) is 13.3 Å². The second-order valence-electron chi connectivity index (χ2n) is 5.19. The number of benzene rings is 2. The van der Waals surface area contributed by atoms with Gasteiger partial charge in [-0.15, -0.1) is 0 Å². The van der Waals surface area contributed by atoms with Gasteiger partial charge in [-0.2, -0.15) is 0 Å². The second-order valence-corrected chi connectivity index (χ2v) is 5.19. The molecule has 0 heterocycles. The number of hydrogen-bond acceptors (Lipinski definition) is 3. The number of nitrogens with two attached hydrogens (primary N) is 1. The number of anilines is 1. The molecule has 122 valence electrons. The first-order chi connectivity index (χ1) is 11.1. The Morgan fingerprint density at radius 1 is 1.09 bits per heavy atom. The van der Waals surface area contributed by atoms with Crippen LogP contribution in [-0.4, -0.2) is 26.7 Å². The topological polar surface area (TPSA) is 68.9 Å². The number of nitrogens with zero attached hydrogens (tertiary/aromatic N) is 1. The molecule has 0 aliphatic carbocycles. The van der Waals surface area contributed by atoms with Crippen molar-refractivity contribution in [1.29, 1.82) is 0 Å². The Hall–Kier alpha value is -2.69. The monoisotopic (exact) mass is 313 g/mol. The number of guanidine groups is 1. The summed E-state index contributed by atoms with van der Waals surface area (Å²) in [6.45, 7) is 2.61. The maximum atomic E-state index is 5.92. The van der Waals surface area contributed by atoms with E-state index in [-0.39, 0.29) is 0 Å². The number of hydrogen-bond donors (Lipinski definition) is 2. The van der Waals surface area contributed by atoms with Crippen LogP contribution in [0.5, 0.6) is 11.5 Å². The van der Waals surface area contributed by atoms with E-state index in [0.717, 1.165) is 29.2 Å². The van der Waals surface area contributed by atoms with Crippen molar-refractivity contribution < 1.29 is 9.47 Å². The lowest BCUT2D eigenvalue weighted by Gasteiger charge is -2.10. The van der Waals surface area contributed by atoms with Gasteiger partial charge in [0.2, 0.25) is 0 Å². The maximum Gasteiger partial charge on any atom is 0.193 e. The Labute approximate surface area is 137 Å². The second kappa shape index (κ2) is 8.08. The number of ether oxygens (including phenoxy) is 2. The van der Waals surface area contributed by atoms with Gasteiger partial charge in [0, 0.05) is 12.2 Å². The normalized spacial score (nSPS) is 11.2. The Kier molecular flexibility index (Phi) is 5.86. The Balaban J connectivity index is 1.96. The molecule has 0 bridgehead atoms. The van der Waals surface area contributed by atoms with Gasteiger partial charge in [-0.05, 0) is 49.2 Å². The summed E-state index contributed by atoms with van der Waals surface area (Å²) in [5, 5.41) is 3.08. The quantitative estimate of drug-likeness (QED) is 0.635. The predicted molar refractivity (Wildman–Crippen MR) is 94.5 cm³/mol. The van der Waals surface area contributed by atoms with Gasteiger partial charge in [-0.25, -0.2) is 0 Å². The largest absolute Gasteiger partial charge is 0.497 e. The zero-order chi connectivity index (χ0) is 16.7. The molecule has 0 aliphatic heterocycles. The highest BCUT2D eigenvalue weighted by atomic mass is 16.5. The first-order valence-electron chi connectivity index (χ1n) is 7.47. The average molecular weight is 313 g/mol. The van der Waals surface area contributed by atoms with Crippen LogP contribution in [0.15, 0.2) is 47.5 Å². The molecule has 0 saturated carbocycles. The molecule has 2 rings (SSSR count). The summed E-state index contributed by atoms with van der Waals surface area (Å²) in [6, 6.07) is 13.7. The molecule has 0 spiro atoms. The van der Waals surface area contributed by atoms with Gasteiger partial charge in [-0.3, -0.25) is 4.99 Å². The molecule has 3 N–H and O–H groups in total. The number of methoxy groups -OCH3 is 2. The smallest absolute Gasteiger partial charge is 0.193 e. The van der Waals surface area contributed by atoms with Crippen LogP contribution >= 0.6 is 0 Å². The lowest BCUT2D eigenvalue weighted by atomic mass is 10.1. The van der Waals surface area contributed by atoms with Gasteiger partial charge in [0.25, 0.3) is 0 Å². The van der Waals surface area contributed by atoms with Crippen molar-refractivity contribution in [2.24, 2.45) is 10.7 Å². The summed E-state index contributed by atoms with van der Waals surface area (Å²) < 4.78 is 10.6. The van der Waals surface area contributed by atoms with Gasteiger partial charge in [0.15, 0.2) is 5.96 Å². The van der Waals surface area contributed by atoms with Gasteiger partial charge in [0.05, 0.1) is 14.2 Å². The van der Waals surface area contributed by atoms with Crippen molar-refractivity contribution in [3.63, 3.8) is 0 Å². The third-order valence-electron chi connectivity index (χ3n) is 3.47. The van der Waals surface area contributed by atoms with Crippen LogP contribution in [0.3, 0.4) is 0 Å². The van der Waals surface area contributed by atoms with E-state index in [1.165, 1.54) is 5.56 Å². The van der Waals surface area contributed by atoms with Crippen LogP contribution in [0.25, 0.3) is 0 Å². The van der Waals surface area contributed by atoms with Gasteiger partial charge in [0.1, 0.15) is 11.5 Å². The van der Waals surface area contributed by atoms with Crippen molar-refractivity contribution in [3.8, 4) is 11.5 Å². The lowest BCUT2D eigenvalue weighted by molar-refractivity contribution is 0.399. The zero-order valence-corrected chi connectivity index (χ0v) is 13.8. The highest BCUT2D eigenvalue weighted by Gasteiger charge is 2.04. The van der Waals surface area contributed by atoms with Crippen LogP contribution in [0.4, 0.5) is 5.69 Å². The molecule has 0 atom stereocenters. The minimum absolute atomic E-state index is 0.399. The SMILES string of the molecule is COc1ccc(OC)c(CCN=C(N)Nc2ccc(C)cc2)c1. The molecule has 0 fully saturated rings. The molecule has 0 aliphatic rings. The zero-order valence-electron chi connectivity index (χ0n) is 13.8. The van der Waals surface area contributed by atoms with E-state index in [2.05, 4.69) is 10.3 Å². The molecular weight excluding hydrogens is 290 g/mol. The molecule has 0 unspecified atom stereocenters. The first kappa shape index (κ1) is 16.7. The molecule has 5 heteroatoms. The molecule has 0 amide bonds. The first-order valence-corrected chi connectivity index (χ1v) is 7.47. The number of aliphatic imine (C=N–C) groups is 1. The highest BCUT2D eigenvalue weighted by Crippen LogP contribution is 2.24. The van der Waals surface area contributed by atoms with Gasteiger partial charge in [-0.1, -0.05) is 17.7 Å². The summed E-state index contributed by atoms with van der Waals surface area (Å²) in [7, 11) is 3.30. The van der Waals surface area contributed by atoms with Crippen LogP contribution < -0.4 is 20.5 Å². The van der Waals surface area contributed by atoms with Crippen LogP contribution in [-0.2, 0) is 6.42 Å². The molecule has 0 aromatic heterocycles. The van der Waals surface area contributed by atoms with Gasteiger partial charge >= 0.3 is 0 Å². The fraction of sp³-hybridized carbons (Fsp3) is 0.278. The van der Waals surface area contributed by atoms with E-state index in [4.69, 9.17) is 15.2 Å². The predicted octanol–water partition coefficient (Wildman–Crippen LogP) is 2.98. The summed E-state index contributed by atoms with van der Waals surface area (Å²) in [6.07, 6.45) is 0.719. The number of nitrogens with one attached hydrogen (secondary N) is 1. The minimum atomic E-state index is 0.399. The standard InChI is InChI=1S/C18H23N3O2/c1-13-4-6-15(7-5-13)21-18(19)20-11-10-14-12-16(22-2)8-9-17(14)23-3/h4-9,12H,10-11H2,1-3H3,(H3,19,20,21). The molecule has 0 saturated heterocycles. The fourth-order valence-corrected chi connectivity index (χ4v) is 2.20. The molecule has 2 aromatic rings. The number of rotatable bonds is 6. The summed E-state index contributed by atoms with van der Waals surface area (Å²) in [5.74, 6) is 2.03. The van der Waals surface area contributed by atoms with Crippen molar-refractivity contribution in [3.05, 3.63) is 53.6 Å². The lowest BCUT2D eigenvalue weighted by Crippen LogP contribution is -2.23. The molecule has 2 aromatic carbocycles. The molecule has 0 radical (unpaired) electrons. The van der Waals surface area contributed by atoms with E-state index in [9.17, 15) is 0 Å². The maximum absolute atomic E-state index is 5.92. The van der Waals surface area contributed by atoms with Crippen LogP contribution in [0.1, 0.15) is 11.1 Å². The third-order valence-corrected chi connectivity index (χ3v) is 3.47. The third kappa shape index (κ3) is 4.92. The highest BCUT2D eigenvalue weighted by molar-refractivity contribution is 5.92. The molecule has 5 nitrogen and oxygen atoms in total. The van der Waals surface area contributed by atoms with E-state index < -0.39 is 0 Å². The fourth-order valence-electron chi connectivity index (χ4n) is 2.20. The Morgan fingerprint density at radius 2 is 1.83 bits per heavy atom.